The number of rotatable bonds is 7. The molecule has 0 fully saturated rings. The van der Waals surface area contributed by atoms with Crippen LogP contribution in [-0.2, 0) is 0 Å². The Balaban J connectivity index is 2.89. The van der Waals surface area contributed by atoms with Crippen LogP contribution in [0.5, 0.6) is 0 Å². The van der Waals surface area contributed by atoms with Crippen molar-refractivity contribution in [2.75, 3.05) is 7.05 Å². The van der Waals surface area contributed by atoms with Crippen LogP contribution in [-0.4, -0.2) is 28.8 Å². The van der Waals surface area contributed by atoms with Gasteiger partial charge in [0.2, 0.25) is 0 Å². The predicted molar refractivity (Wildman–Crippen MR) is 85.6 cm³/mol. The number of nitrogens with one attached hydrogen (secondary N) is 1. The molecule has 0 saturated carbocycles. The molecule has 0 aliphatic carbocycles. The molecule has 2 N–H and O–H groups in total. The van der Waals surface area contributed by atoms with Crippen LogP contribution in [0, 0.1) is 5.92 Å². The first kappa shape index (κ1) is 16.5. The molecule has 3 heteroatoms. The third-order valence-electron chi connectivity index (χ3n) is 3.51. The number of thioether (sulfide) groups is 1. The number of benzene rings is 1. The number of aliphatic hydroxyl groups excluding tert-OH is 1. The van der Waals surface area contributed by atoms with Crippen molar-refractivity contribution in [3.8, 4) is 0 Å². The lowest BCUT2D eigenvalue weighted by Gasteiger charge is -2.32. The van der Waals surface area contributed by atoms with Crippen molar-refractivity contribution in [1.29, 1.82) is 0 Å². The van der Waals surface area contributed by atoms with Crippen LogP contribution in [0.25, 0.3) is 0 Å². The zero-order valence-corrected chi connectivity index (χ0v) is 13.4. The molecule has 0 aromatic heterocycles. The molecule has 1 rings (SSSR count). The first-order valence-electron chi connectivity index (χ1n) is 7.03. The summed E-state index contributed by atoms with van der Waals surface area (Å²) in [5.41, 5.74) is 1.31. The molecule has 0 aliphatic rings. The average Bonchev–Trinajstić information content (AvgIpc) is 2.39. The van der Waals surface area contributed by atoms with Gasteiger partial charge in [-0.3, -0.25) is 0 Å². The summed E-state index contributed by atoms with van der Waals surface area (Å²) in [5, 5.41) is 13.9. The van der Waals surface area contributed by atoms with Gasteiger partial charge in [0.1, 0.15) is 0 Å². The zero-order valence-electron chi connectivity index (χ0n) is 12.6. The Bertz CT molecular complexity index is 353. The molecule has 0 amide bonds. The monoisotopic (exact) mass is 281 g/mol. The third kappa shape index (κ3) is 4.83. The van der Waals surface area contributed by atoms with Crippen molar-refractivity contribution in [3.63, 3.8) is 0 Å². The summed E-state index contributed by atoms with van der Waals surface area (Å²) < 4.78 is 0. The van der Waals surface area contributed by atoms with Gasteiger partial charge in [-0.2, -0.15) is 11.8 Å². The van der Waals surface area contributed by atoms with Crippen LogP contribution in [0.15, 0.2) is 30.3 Å². The minimum atomic E-state index is -0.278. The molecule has 4 atom stereocenters. The molecular formula is C16H27NOS. The van der Waals surface area contributed by atoms with Crippen molar-refractivity contribution in [3.05, 3.63) is 35.9 Å². The maximum Gasteiger partial charge on any atom is 0.0628 e. The Kier molecular flexibility index (Phi) is 6.90. The van der Waals surface area contributed by atoms with E-state index in [-0.39, 0.29) is 11.4 Å². The van der Waals surface area contributed by atoms with Crippen molar-refractivity contribution in [2.45, 2.75) is 50.3 Å². The van der Waals surface area contributed by atoms with Crippen molar-refractivity contribution < 1.29 is 5.11 Å². The standard InChI is InChI=1S/C16H27NOS/c1-11(2)16(19-13(4)12(3)18)15(17-5)14-9-7-6-8-10-14/h6-13,15-18H,1-5H3. The minimum absolute atomic E-state index is 0.243. The second-order valence-electron chi connectivity index (χ2n) is 5.47. The van der Waals surface area contributed by atoms with E-state index in [1.54, 1.807) is 0 Å². The molecule has 4 unspecified atom stereocenters. The minimum Gasteiger partial charge on any atom is -0.392 e. The molecule has 1 aromatic rings. The van der Waals surface area contributed by atoms with Gasteiger partial charge >= 0.3 is 0 Å². The van der Waals surface area contributed by atoms with Gasteiger partial charge in [0, 0.05) is 16.5 Å². The zero-order chi connectivity index (χ0) is 14.4. The molecule has 0 spiro atoms. The quantitative estimate of drug-likeness (QED) is 0.802. The fourth-order valence-electron chi connectivity index (χ4n) is 2.16. The summed E-state index contributed by atoms with van der Waals surface area (Å²) in [4.78, 5) is 0. The average molecular weight is 281 g/mol. The molecule has 108 valence electrons. The maximum atomic E-state index is 9.74. The fourth-order valence-corrected chi connectivity index (χ4v) is 3.65. The topological polar surface area (TPSA) is 32.3 Å². The summed E-state index contributed by atoms with van der Waals surface area (Å²) in [6, 6.07) is 10.9. The van der Waals surface area contributed by atoms with E-state index in [4.69, 9.17) is 0 Å². The molecule has 0 saturated heterocycles. The van der Waals surface area contributed by atoms with Gasteiger partial charge in [-0.25, -0.2) is 0 Å². The molecule has 1 aromatic carbocycles. The molecule has 0 radical (unpaired) electrons. The SMILES string of the molecule is CNC(c1ccccc1)C(SC(C)C(C)O)C(C)C. The van der Waals surface area contributed by atoms with Crippen molar-refractivity contribution in [2.24, 2.45) is 5.92 Å². The van der Waals surface area contributed by atoms with E-state index < -0.39 is 0 Å². The molecule has 19 heavy (non-hydrogen) atoms. The predicted octanol–water partition coefficient (Wildman–Crippen LogP) is 3.47. The van der Waals surface area contributed by atoms with Crippen molar-refractivity contribution >= 4 is 11.8 Å². The van der Waals surface area contributed by atoms with Crippen LogP contribution in [0.2, 0.25) is 0 Å². The van der Waals surface area contributed by atoms with E-state index in [0.717, 1.165) is 0 Å². The largest absolute Gasteiger partial charge is 0.392 e. The van der Waals surface area contributed by atoms with Crippen LogP contribution < -0.4 is 5.32 Å². The molecule has 0 aliphatic heterocycles. The smallest absolute Gasteiger partial charge is 0.0628 e. The van der Waals surface area contributed by atoms with E-state index in [9.17, 15) is 5.11 Å². The highest BCUT2D eigenvalue weighted by molar-refractivity contribution is 8.00. The molecule has 0 heterocycles. The van der Waals surface area contributed by atoms with Crippen LogP contribution >= 0.6 is 11.8 Å². The van der Waals surface area contributed by atoms with Crippen molar-refractivity contribution in [1.82, 2.24) is 5.32 Å². The number of aliphatic hydroxyl groups is 1. The fraction of sp³-hybridized carbons (Fsp3) is 0.625. The lowest BCUT2D eigenvalue weighted by Crippen LogP contribution is -2.33. The normalized spacial score (nSPS) is 18.1. The van der Waals surface area contributed by atoms with E-state index in [1.807, 2.05) is 31.8 Å². The third-order valence-corrected chi connectivity index (χ3v) is 5.46. The maximum absolute atomic E-state index is 9.74. The highest BCUT2D eigenvalue weighted by Gasteiger charge is 2.28. The van der Waals surface area contributed by atoms with Gasteiger partial charge in [0.05, 0.1) is 6.10 Å². The van der Waals surface area contributed by atoms with Gasteiger partial charge in [0.25, 0.3) is 0 Å². The number of hydrogen-bond acceptors (Lipinski definition) is 3. The van der Waals surface area contributed by atoms with Gasteiger partial charge in [-0.1, -0.05) is 51.1 Å². The van der Waals surface area contributed by atoms with E-state index in [2.05, 4.69) is 50.4 Å². The summed E-state index contributed by atoms with van der Waals surface area (Å²) in [6.07, 6.45) is -0.278. The first-order valence-corrected chi connectivity index (χ1v) is 7.97. The summed E-state index contributed by atoms with van der Waals surface area (Å²) >= 11 is 1.88. The second-order valence-corrected chi connectivity index (χ2v) is 7.03. The summed E-state index contributed by atoms with van der Waals surface area (Å²) in [6.45, 7) is 8.47. The van der Waals surface area contributed by atoms with Crippen LogP contribution in [0.3, 0.4) is 0 Å². The Morgan fingerprint density at radius 2 is 1.63 bits per heavy atom. The molecule has 0 bridgehead atoms. The van der Waals surface area contributed by atoms with Crippen LogP contribution in [0.1, 0.15) is 39.3 Å². The Hall–Kier alpha value is -0.510. The van der Waals surface area contributed by atoms with E-state index in [1.165, 1.54) is 5.56 Å². The lowest BCUT2D eigenvalue weighted by atomic mass is 9.96. The summed E-state index contributed by atoms with van der Waals surface area (Å²) in [7, 11) is 2.01. The molecule has 2 nitrogen and oxygen atoms in total. The van der Waals surface area contributed by atoms with E-state index in [0.29, 0.717) is 17.2 Å². The highest BCUT2D eigenvalue weighted by Crippen LogP contribution is 2.35. The van der Waals surface area contributed by atoms with Gasteiger partial charge in [-0.15, -0.1) is 0 Å². The van der Waals surface area contributed by atoms with E-state index >= 15 is 0 Å². The Morgan fingerprint density at radius 3 is 2.05 bits per heavy atom. The lowest BCUT2D eigenvalue weighted by molar-refractivity contribution is 0.196. The van der Waals surface area contributed by atoms with Gasteiger partial charge < -0.3 is 10.4 Å². The van der Waals surface area contributed by atoms with Crippen LogP contribution in [0.4, 0.5) is 0 Å². The highest BCUT2D eigenvalue weighted by atomic mass is 32.2. The van der Waals surface area contributed by atoms with Gasteiger partial charge in [-0.05, 0) is 25.5 Å². The van der Waals surface area contributed by atoms with Gasteiger partial charge in [0.15, 0.2) is 0 Å². The summed E-state index contributed by atoms with van der Waals surface area (Å²) in [5.74, 6) is 0.545. The first-order chi connectivity index (χ1) is 8.97. The Morgan fingerprint density at radius 1 is 1.05 bits per heavy atom. The molecular weight excluding hydrogens is 254 g/mol. The second kappa shape index (κ2) is 7.93. The Labute approximate surface area is 122 Å². The number of hydrogen-bond donors (Lipinski definition) is 2.